The molecule has 0 bridgehead atoms. The zero-order valence-corrected chi connectivity index (χ0v) is 12.1. The standard InChI is InChI=1S/C12H18Cl2N2O/c1-5-7(3)9-12(14)16(17)10(8(4)6-2)11(13)15-9/h7-8H,5-6H2,1-4H3. The monoisotopic (exact) mass is 276 g/mol. The van der Waals surface area contributed by atoms with Crippen molar-refractivity contribution in [1.82, 2.24) is 4.98 Å². The van der Waals surface area contributed by atoms with Crippen LogP contribution in [0.5, 0.6) is 0 Å². The van der Waals surface area contributed by atoms with Crippen LogP contribution in [-0.2, 0) is 0 Å². The van der Waals surface area contributed by atoms with E-state index < -0.39 is 0 Å². The fourth-order valence-electron chi connectivity index (χ4n) is 1.61. The van der Waals surface area contributed by atoms with Crippen LogP contribution in [0.15, 0.2) is 0 Å². The van der Waals surface area contributed by atoms with Crippen molar-refractivity contribution in [3.05, 3.63) is 26.9 Å². The Balaban J connectivity index is 3.36. The van der Waals surface area contributed by atoms with E-state index in [1.807, 2.05) is 27.7 Å². The Kier molecular flexibility index (Phi) is 5.02. The molecule has 96 valence electrons. The van der Waals surface area contributed by atoms with Crippen LogP contribution in [0.4, 0.5) is 0 Å². The van der Waals surface area contributed by atoms with E-state index in [-0.39, 0.29) is 22.1 Å². The lowest BCUT2D eigenvalue weighted by atomic mass is 10.0. The summed E-state index contributed by atoms with van der Waals surface area (Å²) >= 11 is 12.2. The molecule has 0 saturated heterocycles. The van der Waals surface area contributed by atoms with Crippen molar-refractivity contribution in [2.24, 2.45) is 0 Å². The molecule has 0 aliphatic heterocycles. The van der Waals surface area contributed by atoms with Gasteiger partial charge in [0, 0.05) is 11.8 Å². The molecule has 2 unspecified atom stereocenters. The quantitative estimate of drug-likeness (QED) is 0.615. The highest BCUT2D eigenvalue weighted by atomic mass is 35.5. The van der Waals surface area contributed by atoms with Crippen LogP contribution in [0.2, 0.25) is 10.3 Å². The summed E-state index contributed by atoms with van der Waals surface area (Å²) in [5, 5.41) is 12.5. The fourth-order valence-corrected chi connectivity index (χ4v) is 2.28. The first-order valence-electron chi connectivity index (χ1n) is 5.92. The molecule has 17 heavy (non-hydrogen) atoms. The number of hydrogen-bond donors (Lipinski definition) is 0. The van der Waals surface area contributed by atoms with E-state index in [0.29, 0.717) is 11.4 Å². The molecule has 0 N–H and O–H groups in total. The number of aromatic nitrogens is 2. The minimum atomic E-state index is 0.0518. The third-order valence-corrected chi connectivity index (χ3v) is 3.82. The number of halogens is 2. The third kappa shape index (κ3) is 2.83. The van der Waals surface area contributed by atoms with Gasteiger partial charge in [-0.3, -0.25) is 0 Å². The number of nitrogens with zero attached hydrogens (tertiary/aromatic N) is 2. The molecule has 0 aliphatic carbocycles. The van der Waals surface area contributed by atoms with Gasteiger partial charge in [0.1, 0.15) is 5.69 Å². The lowest BCUT2D eigenvalue weighted by molar-refractivity contribution is -0.614. The average molecular weight is 277 g/mol. The second kappa shape index (κ2) is 5.87. The summed E-state index contributed by atoms with van der Waals surface area (Å²) in [6, 6.07) is 0. The maximum Gasteiger partial charge on any atom is 0.308 e. The van der Waals surface area contributed by atoms with E-state index >= 15 is 0 Å². The second-order valence-corrected chi connectivity index (χ2v) is 5.09. The van der Waals surface area contributed by atoms with Crippen LogP contribution < -0.4 is 4.73 Å². The Labute approximate surface area is 112 Å². The van der Waals surface area contributed by atoms with Gasteiger partial charge in [0.05, 0.1) is 0 Å². The SMILES string of the molecule is CCC(C)c1nc(Cl)c(C(C)CC)[n+]([O-])c1Cl. The second-order valence-electron chi connectivity index (χ2n) is 4.38. The van der Waals surface area contributed by atoms with Gasteiger partial charge in [-0.2, -0.15) is 4.73 Å². The summed E-state index contributed by atoms with van der Waals surface area (Å²) in [7, 11) is 0. The zero-order chi connectivity index (χ0) is 13.2. The summed E-state index contributed by atoms with van der Waals surface area (Å²) in [5.41, 5.74) is 1.05. The van der Waals surface area contributed by atoms with E-state index in [9.17, 15) is 5.21 Å². The highest BCUT2D eigenvalue weighted by Gasteiger charge is 2.27. The summed E-state index contributed by atoms with van der Waals surface area (Å²) in [5.74, 6) is 0.183. The predicted molar refractivity (Wildman–Crippen MR) is 70.6 cm³/mol. The van der Waals surface area contributed by atoms with Gasteiger partial charge < -0.3 is 5.21 Å². The molecule has 0 amide bonds. The van der Waals surface area contributed by atoms with Gasteiger partial charge in [-0.25, -0.2) is 4.98 Å². The first kappa shape index (κ1) is 14.5. The molecule has 0 fully saturated rings. The lowest BCUT2D eigenvalue weighted by Gasteiger charge is -2.16. The molecule has 0 radical (unpaired) electrons. The summed E-state index contributed by atoms with van der Waals surface area (Å²) in [6.07, 6.45) is 1.69. The van der Waals surface area contributed by atoms with Gasteiger partial charge in [0.25, 0.3) is 0 Å². The van der Waals surface area contributed by atoms with Gasteiger partial charge in [-0.05, 0) is 24.4 Å². The lowest BCUT2D eigenvalue weighted by Crippen LogP contribution is -2.37. The number of hydrogen-bond acceptors (Lipinski definition) is 2. The van der Waals surface area contributed by atoms with Crippen molar-refractivity contribution < 1.29 is 4.73 Å². The molecule has 0 aliphatic rings. The van der Waals surface area contributed by atoms with Crippen LogP contribution in [0.1, 0.15) is 63.8 Å². The molecule has 0 aromatic carbocycles. The molecule has 1 aromatic heterocycles. The Morgan fingerprint density at radius 2 is 1.71 bits per heavy atom. The number of rotatable bonds is 4. The van der Waals surface area contributed by atoms with Crippen molar-refractivity contribution in [1.29, 1.82) is 0 Å². The Morgan fingerprint density at radius 1 is 1.18 bits per heavy atom. The molecule has 1 rings (SSSR count). The van der Waals surface area contributed by atoms with Crippen LogP contribution in [0.25, 0.3) is 0 Å². The summed E-state index contributed by atoms with van der Waals surface area (Å²) < 4.78 is 0.729. The Bertz CT molecular complexity index is 410. The molecule has 0 spiro atoms. The van der Waals surface area contributed by atoms with Gasteiger partial charge in [-0.1, -0.05) is 39.3 Å². The average Bonchev–Trinajstić information content (AvgIpc) is 2.32. The minimum Gasteiger partial charge on any atom is -0.617 e. The summed E-state index contributed by atoms with van der Waals surface area (Å²) in [4.78, 5) is 4.29. The van der Waals surface area contributed by atoms with Crippen LogP contribution in [0.3, 0.4) is 0 Å². The highest BCUT2D eigenvalue weighted by Crippen LogP contribution is 2.28. The van der Waals surface area contributed by atoms with Crippen molar-refractivity contribution in [2.75, 3.05) is 0 Å². The van der Waals surface area contributed by atoms with Crippen LogP contribution >= 0.6 is 23.2 Å². The minimum absolute atomic E-state index is 0.0518. The van der Waals surface area contributed by atoms with E-state index in [1.54, 1.807) is 0 Å². The fraction of sp³-hybridized carbons (Fsp3) is 0.667. The zero-order valence-electron chi connectivity index (χ0n) is 10.6. The molecular weight excluding hydrogens is 259 g/mol. The molecule has 1 heterocycles. The maximum atomic E-state index is 12.1. The topological polar surface area (TPSA) is 39.8 Å². The van der Waals surface area contributed by atoms with Crippen LogP contribution in [0, 0.1) is 5.21 Å². The molecule has 1 aromatic rings. The molecule has 0 saturated carbocycles. The van der Waals surface area contributed by atoms with Gasteiger partial charge in [0.2, 0.25) is 5.69 Å². The predicted octanol–water partition coefficient (Wildman–Crippen LogP) is 4.05. The van der Waals surface area contributed by atoms with E-state index in [1.165, 1.54) is 0 Å². The largest absolute Gasteiger partial charge is 0.617 e. The first-order valence-corrected chi connectivity index (χ1v) is 6.67. The van der Waals surface area contributed by atoms with Crippen molar-refractivity contribution in [3.63, 3.8) is 0 Å². The summed E-state index contributed by atoms with van der Waals surface area (Å²) in [6.45, 7) is 7.94. The molecule has 2 atom stereocenters. The van der Waals surface area contributed by atoms with Crippen molar-refractivity contribution in [2.45, 2.75) is 52.4 Å². The third-order valence-electron chi connectivity index (χ3n) is 3.20. The molecule has 3 nitrogen and oxygen atoms in total. The smallest absolute Gasteiger partial charge is 0.308 e. The Hall–Kier alpha value is -0.540. The van der Waals surface area contributed by atoms with Crippen molar-refractivity contribution >= 4 is 23.2 Å². The van der Waals surface area contributed by atoms with E-state index in [0.717, 1.165) is 17.6 Å². The Morgan fingerprint density at radius 3 is 2.18 bits per heavy atom. The molecular formula is C12H18Cl2N2O. The van der Waals surface area contributed by atoms with Gasteiger partial charge in [-0.15, -0.1) is 0 Å². The highest BCUT2D eigenvalue weighted by molar-refractivity contribution is 6.31. The van der Waals surface area contributed by atoms with E-state index in [4.69, 9.17) is 23.2 Å². The van der Waals surface area contributed by atoms with E-state index in [2.05, 4.69) is 4.98 Å². The maximum absolute atomic E-state index is 12.1. The van der Waals surface area contributed by atoms with Crippen molar-refractivity contribution in [3.8, 4) is 0 Å². The molecule has 5 heteroatoms. The van der Waals surface area contributed by atoms with Gasteiger partial charge in [0.15, 0.2) is 5.15 Å². The van der Waals surface area contributed by atoms with Gasteiger partial charge >= 0.3 is 5.15 Å². The first-order chi connectivity index (χ1) is 7.93. The van der Waals surface area contributed by atoms with Crippen LogP contribution in [-0.4, -0.2) is 4.98 Å². The normalized spacial score (nSPS) is 14.7.